The van der Waals surface area contributed by atoms with E-state index in [2.05, 4.69) is 20.5 Å². The van der Waals surface area contributed by atoms with Crippen LogP contribution in [-0.2, 0) is 6.54 Å². The predicted molar refractivity (Wildman–Crippen MR) is 109 cm³/mol. The molecule has 0 aliphatic rings. The highest BCUT2D eigenvalue weighted by Gasteiger charge is 2.16. The maximum Gasteiger partial charge on any atom is 0.434 e. The summed E-state index contributed by atoms with van der Waals surface area (Å²) >= 11 is 0. The van der Waals surface area contributed by atoms with Gasteiger partial charge in [-0.1, -0.05) is 0 Å². The van der Waals surface area contributed by atoms with Crippen LogP contribution in [0.3, 0.4) is 0 Å². The van der Waals surface area contributed by atoms with Crippen molar-refractivity contribution in [1.82, 2.24) is 20.2 Å². The number of aromatic nitrogens is 4. The summed E-state index contributed by atoms with van der Waals surface area (Å²) in [6, 6.07) is 9.22. The molecule has 0 spiro atoms. The van der Waals surface area contributed by atoms with Gasteiger partial charge in [-0.3, -0.25) is 4.98 Å². The average molecular weight is 409 g/mol. The van der Waals surface area contributed by atoms with Gasteiger partial charge in [0, 0.05) is 17.1 Å². The normalized spacial score (nSPS) is 10.8. The molecule has 10 heteroatoms. The lowest BCUT2D eigenvalue weighted by Gasteiger charge is -2.15. The van der Waals surface area contributed by atoms with Crippen molar-refractivity contribution < 1.29 is 18.6 Å². The predicted octanol–water partition coefficient (Wildman–Crippen LogP) is 2.61. The molecule has 0 fully saturated rings. The van der Waals surface area contributed by atoms with E-state index in [1.165, 1.54) is 0 Å². The first-order chi connectivity index (χ1) is 14.6. The van der Waals surface area contributed by atoms with Crippen molar-refractivity contribution in [3.8, 4) is 28.5 Å². The number of fused-ring (bicyclic) bond motifs is 1. The zero-order valence-electron chi connectivity index (χ0n) is 16.6. The minimum Gasteiger partial charge on any atom is -0.493 e. The van der Waals surface area contributed by atoms with Gasteiger partial charge in [-0.05, 0) is 30.3 Å². The molecule has 0 amide bonds. The third-order valence-electron chi connectivity index (χ3n) is 4.45. The number of rotatable bonds is 7. The largest absolute Gasteiger partial charge is 0.493 e. The summed E-state index contributed by atoms with van der Waals surface area (Å²) in [6.07, 6.45) is 1.71. The highest BCUT2D eigenvalue weighted by atomic mass is 16.5. The first-order valence-corrected chi connectivity index (χ1v) is 8.97. The van der Waals surface area contributed by atoms with Crippen molar-refractivity contribution in [2.75, 3.05) is 26.6 Å². The topological polar surface area (TPSA) is 124 Å². The number of hydrogen-bond donors (Lipinski definition) is 2. The molecule has 2 N–H and O–H groups in total. The maximum atomic E-state index is 11.2. The van der Waals surface area contributed by atoms with Crippen LogP contribution in [0.1, 0.15) is 5.89 Å². The Balaban J connectivity index is 1.81. The van der Waals surface area contributed by atoms with E-state index < -0.39 is 5.76 Å². The van der Waals surface area contributed by atoms with Crippen molar-refractivity contribution in [3.05, 3.63) is 53.0 Å². The van der Waals surface area contributed by atoms with Crippen LogP contribution in [0.25, 0.3) is 22.2 Å². The number of ether oxygens (including phenoxy) is 3. The van der Waals surface area contributed by atoms with E-state index in [1.807, 2.05) is 30.3 Å². The van der Waals surface area contributed by atoms with Crippen molar-refractivity contribution in [2.45, 2.75) is 6.54 Å². The quantitative estimate of drug-likeness (QED) is 0.474. The van der Waals surface area contributed by atoms with E-state index in [1.54, 1.807) is 27.5 Å². The fourth-order valence-electron chi connectivity index (χ4n) is 3.08. The molecule has 154 valence electrons. The summed E-state index contributed by atoms with van der Waals surface area (Å²) in [5.74, 6) is 1.70. The summed E-state index contributed by atoms with van der Waals surface area (Å²) in [5, 5.41) is 10.00. The zero-order chi connectivity index (χ0) is 21.1. The van der Waals surface area contributed by atoms with Crippen LogP contribution in [0, 0.1) is 0 Å². The minimum atomic E-state index is -0.613. The molecular weight excluding hydrogens is 390 g/mol. The van der Waals surface area contributed by atoms with Crippen molar-refractivity contribution in [1.29, 1.82) is 0 Å². The highest BCUT2D eigenvalue weighted by molar-refractivity contribution is 5.92. The Bertz CT molecular complexity index is 1220. The molecule has 4 rings (SSSR count). The van der Waals surface area contributed by atoms with Gasteiger partial charge in [0.25, 0.3) is 0 Å². The first-order valence-electron chi connectivity index (χ1n) is 8.97. The van der Waals surface area contributed by atoms with E-state index in [0.29, 0.717) is 28.8 Å². The van der Waals surface area contributed by atoms with Gasteiger partial charge < -0.3 is 23.9 Å². The standard InChI is InChI=1S/C20H19N5O5/c1-27-15-7-11(8-16(28-2)18(15)29-3)13-9-14-12(5-4-6-21-14)19(23-13)22-10-17-24-25-20(26)30-17/h4-9H,10H2,1-3H3,(H,22,23)(H,25,26). The van der Waals surface area contributed by atoms with E-state index in [0.717, 1.165) is 16.5 Å². The van der Waals surface area contributed by atoms with Crippen LogP contribution in [0.15, 0.2) is 45.7 Å². The second-order valence-electron chi connectivity index (χ2n) is 6.20. The summed E-state index contributed by atoms with van der Waals surface area (Å²) < 4.78 is 21.2. The number of nitrogens with one attached hydrogen (secondary N) is 2. The zero-order valence-corrected chi connectivity index (χ0v) is 16.6. The molecule has 0 aliphatic carbocycles. The van der Waals surface area contributed by atoms with Crippen LogP contribution in [0.2, 0.25) is 0 Å². The van der Waals surface area contributed by atoms with Crippen LogP contribution in [-0.4, -0.2) is 41.5 Å². The van der Waals surface area contributed by atoms with Gasteiger partial charge in [-0.2, -0.15) is 0 Å². The second-order valence-corrected chi connectivity index (χ2v) is 6.20. The molecule has 30 heavy (non-hydrogen) atoms. The van der Waals surface area contributed by atoms with Crippen molar-refractivity contribution >= 4 is 16.7 Å². The van der Waals surface area contributed by atoms with Gasteiger partial charge >= 0.3 is 5.76 Å². The number of benzene rings is 1. The fraction of sp³-hybridized carbons (Fsp3) is 0.200. The van der Waals surface area contributed by atoms with Crippen LogP contribution >= 0.6 is 0 Å². The smallest absolute Gasteiger partial charge is 0.434 e. The molecule has 3 heterocycles. The monoisotopic (exact) mass is 409 g/mol. The lowest BCUT2D eigenvalue weighted by atomic mass is 10.1. The third-order valence-corrected chi connectivity index (χ3v) is 4.45. The van der Waals surface area contributed by atoms with Gasteiger partial charge in [-0.25, -0.2) is 14.9 Å². The Hall–Kier alpha value is -4.08. The molecule has 4 aromatic rings. The number of nitrogens with zero attached hydrogens (tertiary/aromatic N) is 3. The lowest BCUT2D eigenvalue weighted by Crippen LogP contribution is -2.04. The third kappa shape index (κ3) is 3.62. The summed E-state index contributed by atoms with van der Waals surface area (Å²) in [5.41, 5.74) is 2.14. The van der Waals surface area contributed by atoms with Crippen LogP contribution < -0.4 is 25.3 Å². The molecule has 0 atom stereocenters. The summed E-state index contributed by atoms with van der Waals surface area (Å²) in [7, 11) is 4.66. The molecule has 0 saturated carbocycles. The molecule has 1 aromatic carbocycles. The van der Waals surface area contributed by atoms with Crippen molar-refractivity contribution in [2.24, 2.45) is 0 Å². The van der Waals surface area contributed by atoms with Gasteiger partial charge in [0.1, 0.15) is 5.82 Å². The Labute approximate surface area is 170 Å². The van der Waals surface area contributed by atoms with E-state index >= 15 is 0 Å². The molecular formula is C20H19N5O5. The van der Waals surface area contributed by atoms with Crippen LogP contribution in [0.4, 0.5) is 5.82 Å². The molecule has 0 aliphatic heterocycles. The Morgan fingerprint density at radius 1 is 1.10 bits per heavy atom. The van der Waals surface area contributed by atoms with Crippen LogP contribution in [0.5, 0.6) is 17.2 Å². The van der Waals surface area contributed by atoms with Gasteiger partial charge in [0.05, 0.1) is 39.1 Å². The van der Waals surface area contributed by atoms with E-state index in [-0.39, 0.29) is 12.4 Å². The Morgan fingerprint density at radius 2 is 1.87 bits per heavy atom. The Morgan fingerprint density at radius 3 is 2.50 bits per heavy atom. The maximum absolute atomic E-state index is 11.2. The highest BCUT2D eigenvalue weighted by Crippen LogP contribution is 2.41. The molecule has 3 aromatic heterocycles. The number of aromatic amines is 1. The molecule has 0 radical (unpaired) electrons. The number of pyridine rings is 2. The first kappa shape index (κ1) is 19.2. The minimum absolute atomic E-state index is 0.175. The second kappa shape index (κ2) is 8.11. The van der Waals surface area contributed by atoms with Crippen molar-refractivity contribution in [3.63, 3.8) is 0 Å². The number of hydrogen-bond acceptors (Lipinski definition) is 9. The summed E-state index contributed by atoms with van der Waals surface area (Å²) in [4.78, 5) is 20.3. The molecule has 0 unspecified atom stereocenters. The Kier molecular flexibility index (Phi) is 5.21. The van der Waals surface area contributed by atoms with E-state index in [4.69, 9.17) is 23.6 Å². The van der Waals surface area contributed by atoms with Gasteiger partial charge in [0.2, 0.25) is 11.6 Å². The number of H-pyrrole nitrogens is 1. The fourth-order valence-corrected chi connectivity index (χ4v) is 3.08. The van der Waals surface area contributed by atoms with Gasteiger partial charge in [0.15, 0.2) is 11.5 Å². The molecule has 0 bridgehead atoms. The molecule has 10 nitrogen and oxygen atoms in total. The lowest BCUT2D eigenvalue weighted by molar-refractivity contribution is 0.324. The SMILES string of the molecule is COc1cc(-c2cc3ncccc3c(NCc3n[nH]c(=O)o3)n2)cc(OC)c1OC. The molecule has 0 saturated heterocycles. The van der Waals surface area contributed by atoms with E-state index in [9.17, 15) is 4.79 Å². The number of methoxy groups -OCH3 is 3. The average Bonchev–Trinajstić information content (AvgIpc) is 3.21. The number of anilines is 1. The van der Waals surface area contributed by atoms with Gasteiger partial charge in [-0.15, -0.1) is 5.10 Å². The summed E-state index contributed by atoms with van der Waals surface area (Å²) in [6.45, 7) is 0.175.